The molecule has 2 rings (SSSR count). The van der Waals surface area contributed by atoms with Crippen LogP contribution in [0, 0.1) is 0 Å². The van der Waals surface area contributed by atoms with Gasteiger partial charge in [0.15, 0.2) is 0 Å². The van der Waals surface area contributed by atoms with Crippen LogP contribution in [-0.4, -0.2) is 40.9 Å². The Balaban J connectivity index is 2.33. The molecule has 82 valence electrons. The van der Waals surface area contributed by atoms with Crippen LogP contribution in [0.2, 0.25) is 0 Å². The van der Waals surface area contributed by atoms with E-state index >= 15 is 0 Å². The van der Waals surface area contributed by atoms with Crippen molar-refractivity contribution >= 4 is 5.82 Å². The van der Waals surface area contributed by atoms with E-state index in [1.807, 2.05) is 11.8 Å². The minimum atomic E-state index is -0.577. The smallest absolute Gasteiger partial charge is 0.342 e. The van der Waals surface area contributed by atoms with E-state index in [9.17, 15) is 9.59 Å². The molecule has 7 heteroatoms. The molecular weight excluding hydrogens is 198 g/mol. The summed E-state index contributed by atoms with van der Waals surface area (Å²) in [7, 11) is 0. The molecule has 1 saturated heterocycles. The maximum absolute atomic E-state index is 11.5. The van der Waals surface area contributed by atoms with Crippen LogP contribution in [0.25, 0.3) is 0 Å². The Hall–Kier alpha value is -1.63. The van der Waals surface area contributed by atoms with Crippen molar-refractivity contribution in [2.75, 3.05) is 24.5 Å². The first-order valence-corrected chi connectivity index (χ1v) is 4.88. The zero-order chi connectivity index (χ0) is 10.8. The Labute approximate surface area is 85.5 Å². The lowest BCUT2D eigenvalue weighted by Crippen LogP contribution is -2.58. The molecule has 2 heterocycles. The molecule has 3 N–H and O–H groups in total. The molecule has 15 heavy (non-hydrogen) atoms. The van der Waals surface area contributed by atoms with E-state index in [0.717, 1.165) is 13.1 Å². The minimum Gasteiger partial charge on any atom is -0.345 e. The van der Waals surface area contributed by atoms with E-state index in [1.54, 1.807) is 0 Å². The zero-order valence-corrected chi connectivity index (χ0v) is 8.41. The van der Waals surface area contributed by atoms with Gasteiger partial charge < -0.3 is 10.2 Å². The number of aromatic amines is 2. The molecule has 1 aromatic rings. The van der Waals surface area contributed by atoms with Gasteiger partial charge in [-0.2, -0.15) is 0 Å². The van der Waals surface area contributed by atoms with Gasteiger partial charge in [0.2, 0.25) is 5.82 Å². The molecule has 1 aliphatic heterocycles. The van der Waals surface area contributed by atoms with E-state index in [0.29, 0.717) is 6.54 Å². The van der Waals surface area contributed by atoms with Gasteiger partial charge in [0, 0.05) is 19.6 Å². The Kier molecular flexibility index (Phi) is 2.55. The van der Waals surface area contributed by atoms with Gasteiger partial charge in [-0.05, 0) is 6.92 Å². The summed E-state index contributed by atoms with van der Waals surface area (Å²) in [5.74, 6) is 0.281. The summed E-state index contributed by atoms with van der Waals surface area (Å²) in [6, 6.07) is 0.287. The summed E-state index contributed by atoms with van der Waals surface area (Å²) in [5, 5.41) is 9.13. The average molecular weight is 211 g/mol. The molecule has 0 spiro atoms. The first-order chi connectivity index (χ1) is 7.22. The van der Waals surface area contributed by atoms with Crippen molar-refractivity contribution in [3.8, 4) is 0 Å². The van der Waals surface area contributed by atoms with Gasteiger partial charge in [0.1, 0.15) is 0 Å². The highest BCUT2D eigenvalue weighted by molar-refractivity contribution is 5.36. The largest absolute Gasteiger partial charge is 0.345 e. The number of hydrogen-bond donors (Lipinski definition) is 3. The van der Waals surface area contributed by atoms with Crippen LogP contribution in [0.15, 0.2) is 9.59 Å². The topological polar surface area (TPSA) is 93.9 Å². The minimum absolute atomic E-state index is 0.281. The van der Waals surface area contributed by atoms with Gasteiger partial charge in [-0.25, -0.2) is 9.89 Å². The summed E-state index contributed by atoms with van der Waals surface area (Å²) in [6.45, 7) is 4.32. The third-order valence-corrected chi connectivity index (χ3v) is 2.51. The summed E-state index contributed by atoms with van der Waals surface area (Å²) in [6.07, 6.45) is 0. The molecular formula is C8H13N5O2. The number of hydrogen-bond acceptors (Lipinski definition) is 5. The highest BCUT2D eigenvalue weighted by Crippen LogP contribution is 2.09. The monoisotopic (exact) mass is 211 g/mol. The third-order valence-electron chi connectivity index (χ3n) is 2.51. The van der Waals surface area contributed by atoms with Gasteiger partial charge in [-0.3, -0.25) is 9.78 Å². The molecule has 0 aliphatic carbocycles. The zero-order valence-electron chi connectivity index (χ0n) is 8.41. The second kappa shape index (κ2) is 3.85. The Morgan fingerprint density at radius 2 is 2.20 bits per heavy atom. The molecule has 0 saturated carbocycles. The summed E-state index contributed by atoms with van der Waals surface area (Å²) in [5.41, 5.74) is -1.01. The van der Waals surface area contributed by atoms with Crippen molar-refractivity contribution in [2.45, 2.75) is 13.0 Å². The van der Waals surface area contributed by atoms with Crippen LogP contribution in [0.1, 0.15) is 6.92 Å². The third kappa shape index (κ3) is 1.78. The van der Waals surface area contributed by atoms with Crippen molar-refractivity contribution in [1.29, 1.82) is 0 Å². The van der Waals surface area contributed by atoms with Gasteiger partial charge in [0.25, 0.3) is 5.56 Å². The molecule has 1 aliphatic rings. The lowest BCUT2D eigenvalue weighted by Gasteiger charge is -2.37. The molecule has 0 amide bonds. The molecule has 0 aromatic carbocycles. The van der Waals surface area contributed by atoms with Crippen molar-refractivity contribution in [3.05, 3.63) is 20.8 Å². The number of aromatic nitrogens is 3. The van der Waals surface area contributed by atoms with Crippen LogP contribution < -0.4 is 21.5 Å². The molecule has 1 fully saturated rings. The predicted molar refractivity (Wildman–Crippen MR) is 55.2 cm³/mol. The summed E-state index contributed by atoms with van der Waals surface area (Å²) < 4.78 is 0. The second-order valence-electron chi connectivity index (χ2n) is 3.43. The first-order valence-electron chi connectivity index (χ1n) is 4.88. The second-order valence-corrected chi connectivity index (χ2v) is 3.43. The van der Waals surface area contributed by atoms with Crippen molar-refractivity contribution in [1.82, 2.24) is 20.5 Å². The molecule has 0 atom stereocenters. The van der Waals surface area contributed by atoms with E-state index in [4.69, 9.17) is 0 Å². The fourth-order valence-corrected chi connectivity index (χ4v) is 1.61. The molecule has 7 nitrogen and oxygen atoms in total. The van der Waals surface area contributed by atoms with Crippen LogP contribution in [0.3, 0.4) is 0 Å². The molecule has 0 radical (unpaired) electrons. The Morgan fingerprint density at radius 1 is 1.47 bits per heavy atom. The quantitative estimate of drug-likeness (QED) is 0.551. The lowest BCUT2D eigenvalue weighted by atomic mass is 10.1. The maximum atomic E-state index is 11.5. The van der Waals surface area contributed by atoms with Crippen LogP contribution in [-0.2, 0) is 0 Å². The summed E-state index contributed by atoms with van der Waals surface area (Å²) in [4.78, 5) is 26.3. The van der Waals surface area contributed by atoms with Crippen LogP contribution >= 0.6 is 0 Å². The lowest BCUT2D eigenvalue weighted by molar-refractivity contribution is 0.413. The number of H-pyrrole nitrogens is 2. The number of likely N-dealkylation sites (N-methyl/N-ethyl adjacent to an activating group) is 1. The Bertz CT molecular complexity index is 447. The van der Waals surface area contributed by atoms with Crippen LogP contribution in [0.4, 0.5) is 5.82 Å². The van der Waals surface area contributed by atoms with Crippen LogP contribution in [0.5, 0.6) is 0 Å². The molecule has 1 aromatic heterocycles. The van der Waals surface area contributed by atoms with Crippen molar-refractivity contribution in [3.63, 3.8) is 0 Å². The Morgan fingerprint density at radius 3 is 2.67 bits per heavy atom. The number of rotatable bonds is 3. The number of nitrogens with zero attached hydrogens (tertiary/aromatic N) is 2. The van der Waals surface area contributed by atoms with E-state index in [1.165, 1.54) is 0 Å². The average Bonchev–Trinajstić information content (AvgIpc) is 2.12. The van der Waals surface area contributed by atoms with Gasteiger partial charge >= 0.3 is 5.69 Å². The van der Waals surface area contributed by atoms with Gasteiger partial charge in [0.05, 0.1) is 6.04 Å². The fraction of sp³-hybridized carbons (Fsp3) is 0.625. The highest BCUT2D eigenvalue weighted by atomic mass is 16.2. The number of nitrogens with one attached hydrogen (secondary N) is 3. The molecule has 0 unspecified atom stereocenters. The van der Waals surface area contributed by atoms with Crippen molar-refractivity contribution in [2.24, 2.45) is 0 Å². The molecule has 0 bridgehead atoms. The van der Waals surface area contributed by atoms with Gasteiger partial charge in [-0.15, -0.1) is 5.10 Å². The maximum Gasteiger partial charge on any atom is 0.342 e. The van der Waals surface area contributed by atoms with Crippen molar-refractivity contribution < 1.29 is 0 Å². The number of anilines is 1. The fourth-order valence-electron chi connectivity index (χ4n) is 1.61. The first kappa shape index (κ1) is 9.91. The van der Waals surface area contributed by atoms with Gasteiger partial charge in [-0.1, -0.05) is 0 Å². The standard InChI is InChI=1S/C8H13N5O2/c1-2-13(5-3-9-4-5)6-7(14)10-8(15)12-11-6/h5,9H,2-4H2,1H3,(H2,10,12,14,15). The predicted octanol–water partition coefficient (Wildman–Crippen LogP) is -1.74. The highest BCUT2D eigenvalue weighted by Gasteiger charge is 2.26. The van der Waals surface area contributed by atoms with E-state index < -0.39 is 11.2 Å². The van der Waals surface area contributed by atoms with E-state index in [2.05, 4.69) is 20.5 Å². The van der Waals surface area contributed by atoms with E-state index in [-0.39, 0.29) is 11.9 Å². The normalized spacial score (nSPS) is 16.1. The summed E-state index contributed by atoms with van der Waals surface area (Å²) >= 11 is 0. The SMILES string of the molecule is CCN(c1n[nH]c(=O)[nH]c1=O)C1CNC1.